The Morgan fingerprint density at radius 2 is 1.71 bits per heavy atom. The molecule has 7 nitrogen and oxygen atoms in total. The summed E-state index contributed by atoms with van der Waals surface area (Å²) in [5.74, 6) is -0.387. The van der Waals surface area contributed by atoms with E-state index in [1.54, 1.807) is 13.8 Å². The molecule has 0 unspecified atom stereocenters. The van der Waals surface area contributed by atoms with Gasteiger partial charge in [0, 0.05) is 11.6 Å². The third kappa shape index (κ3) is 3.00. The maximum absolute atomic E-state index is 12.7. The lowest BCUT2D eigenvalue weighted by Gasteiger charge is -2.04. The Balaban J connectivity index is 2.72. The highest BCUT2D eigenvalue weighted by Gasteiger charge is 2.18. The first-order valence-corrected chi connectivity index (χ1v) is 8.43. The van der Waals surface area contributed by atoms with Gasteiger partial charge in [0.2, 0.25) is 0 Å². The van der Waals surface area contributed by atoms with Gasteiger partial charge in [0.05, 0.1) is 16.7 Å². The van der Waals surface area contributed by atoms with Crippen molar-refractivity contribution < 1.29 is 19.0 Å². The molecule has 0 saturated carbocycles. The Morgan fingerprint density at radius 3 is 2.32 bits per heavy atom. The summed E-state index contributed by atoms with van der Waals surface area (Å²) in [6.07, 6.45) is 1.98. The van der Waals surface area contributed by atoms with Crippen molar-refractivity contribution in [2.75, 3.05) is 0 Å². The summed E-state index contributed by atoms with van der Waals surface area (Å²) in [5, 5.41) is 19.5. The van der Waals surface area contributed by atoms with Crippen LogP contribution in [0.15, 0.2) is 47.0 Å². The van der Waals surface area contributed by atoms with E-state index in [1.807, 2.05) is 0 Å². The molecule has 1 heterocycles. The minimum absolute atomic E-state index is 0.0162. The van der Waals surface area contributed by atoms with Crippen molar-refractivity contribution in [3.8, 4) is 11.5 Å². The normalized spacial score (nSPS) is 13.1. The number of aryl methyl sites for hydroxylation is 1. The highest BCUT2D eigenvalue weighted by molar-refractivity contribution is 5.61. The molecule has 2 N–H and O–H groups in total. The van der Waals surface area contributed by atoms with Crippen molar-refractivity contribution >= 4 is 12.0 Å². The highest BCUT2D eigenvalue weighted by atomic mass is 16.4. The number of hydrogen-bond acceptors (Lipinski definition) is 7. The Labute approximate surface area is 157 Å². The van der Waals surface area contributed by atoms with Crippen LogP contribution in [0.3, 0.4) is 0 Å². The molecule has 0 saturated heterocycles. The first-order chi connectivity index (χ1) is 13.1. The molecule has 0 spiro atoms. The number of rotatable bonds is 1. The monoisotopic (exact) mass is 382 g/mol. The molecular weight excluding hydrogens is 364 g/mol. The van der Waals surface area contributed by atoms with Crippen molar-refractivity contribution in [3.05, 3.63) is 86.8 Å². The zero-order valence-electron chi connectivity index (χ0n) is 15.7. The molecule has 0 fully saturated rings. The van der Waals surface area contributed by atoms with Gasteiger partial charge in [0.1, 0.15) is 11.0 Å². The summed E-state index contributed by atoms with van der Waals surface area (Å²) in [6.45, 7) is 6.57. The Bertz CT molecular complexity index is 1470. The van der Waals surface area contributed by atoms with E-state index in [0.717, 1.165) is 11.6 Å². The van der Waals surface area contributed by atoms with Crippen molar-refractivity contribution in [1.29, 1.82) is 0 Å². The summed E-state index contributed by atoms with van der Waals surface area (Å²) >= 11 is 0. The first kappa shape index (κ1) is 19.2. The molecule has 2 aliphatic carbocycles. The minimum Gasteiger partial charge on any atom is -0.515 e. The SMILES string of the molecule is CC(C)=C/C(O)=c1/c(C)c2oc(=O)c3c(C)cc(=O)/c(=C\O)c=3oc-2cc1=O. The minimum atomic E-state index is -0.802. The van der Waals surface area contributed by atoms with Crippen LogP contribution in [0.2, 0.25) is 0 Å². The fourth-order valence-electron chi connectivity index (χ4n) is 3.11. The lowest BCUT2D eigenvalue weighted by Crippen LogP contribution is -2.30. The van der Waals surface area contributed by atoms with Crippen molar-refractivity contribution in [2.45, 2.75) is 27.7 Å². The molecular formula is C21H18O7. The van der Waals surface area contributed by atoms with E-state index in [0.29, 0.717) is 11.8 Å². The van der Waals surface area contributed by atoms with Gasteiger partial charge in [-0.1, -0.05) is 5.57 Å². The van der Waals surface area contributed by atoms with Crippen LogP contribution < -0.4 is 26.9 Å². The number of aliphatic hydroxyl groups is 2. The van der Waals surface area contributed by atoms with Crippen molar-refractivity contribution in [3.63, 3.8) is 0 Å². The molecule has 3 aliphatic rings. The van der Waals surface area contributed by atoms with Crippen molar-refractivity contribution in [2.24, 2.45) is 0 Å². The van der Waals surface area contributed by atoms with Gasteiger partial charge in [-0.3, -0.25) is 9.59 Å². The first-order valence-electron chi connectivity index (χ1n) is 8.43. The molecule has 28 heavy (non-hydrogen) atoms. The van der Waals surface area contributed by atoms with Gasteiger partial charge in [0.15, 0.2) is 27.8 Å². The molecule has 0 atom stereocenters. The van der Waals surface area contributed by atoms with Crippen LogP contribution in [0.25, 0.3) is 23.5 Å². The van der Waals surface area contributed by atoms with Crippen LogP contribution >= 0.6 is 0 Å². The molecule has 7 heteroatoms. The lowest BCUT2D eigenvalue weighted by atomic mass is 10.1. The molecule has 0 amide bonds. The molecule has 0 radical (unpaired) electrons. The smallest absolute Gasteiger partial charge is 0.347 e. The van der Waals surface area contributed by atoms with Gasteiger partial charge in [-0.05, 0) is 45.4 Å². The second-order valence-electron chi connectivity index (χ2n) is 6.74. The Kier molecular flexibility index (Phi) is 4.68. The summed E-state index contributed by atoms with van der Waals surface area (Å²) in [4.78, 5) is 37.4. The lowest BCUT2D eigenvalue weighted by molar-refractivity contribution is 0.487. The van der Waals surface area contributed by atoms with Gasteiger partial charge in [-0.25, -0.2) is 4.79 Å². The third-order valence-corrected chi connectivity index (χ3v) is 4.35. The van der Waals surface area contributed by atoms with E-state index in [2.05, 4.69) is 0 Å². The second-order valence-corrected chi connectivity index (χ2v) is 6.74. The fourth-order valence-corrected chi connectivity index (χ4v) is 3.11. The maximum atomic E-state index is 12.7. The average molecular weight is 382 g/mol. The molecule has 0 aromatic heterocycles. The van der Waals surface area contributed by atoms with E-state index in [4.69, 9.17) is 8.83 Å². The van der Waals surface area contributed by atoms with Gasteiger partial charge in [-0.2, -0.15) is 0 Å². The zero-order valence-corrected chi connectivity index (χ0v) is 15.7. The molecule has 0 aromatic carbocycles. The quantitative estimate of drug-likeness (QED) is 0.652. The summed E-state index contributed by atoms with van der Waals surface area (Å²) in [5.41, 5.74) is -0.774. The van der Waals surface area contributed by atoms with E-state index in [9.17, 15) is 24.6 Å². The standard InChI is InChI=1S/C21H18O7/c1-9(2)5-14(24)18-11(4)19-16(7-15(18)25)27-20-12(8-22)13(23)6-10(3)17(20)21(26)28-19/h5-8,22,24H,1-4H3/b12-8+,18-14+. The molecule has 0 aromatic rings. The summed E-state index contributed by atoms with van der Waals surface area (Å²) in [7, 11) is 0. The predicted molar refractivity (Wildman–Crippen MR) is 103 cm³/mol. The van der Waals surface area contributed by atoms with Gasteiger partial charge < -0.3 is 19.0 Å². The van der Waals surface area contributed by atoms with Crippen LogP contribution in [0.5, 0.6) is 0 Å². The molecule has 3 rings (SSSR count). The summed E-state index contributed by atoms with van der Waals surface area (Å²) < 4.78 is 11.1. The number of fused-ring (bicyclic) bond motifs is 1. The number of benzene rings is 1. The van der Waals surface area contributed by atoms with E-state index >= 15 is 0 Å². The number of hydrogen-bond donors (Lipinski definition) is 2. The van der Waals surface area contributed by atoms with Gasteiger partial charge in [-0.15, -0.1) is 0 Å². The van der Waals surface area contributed by atoms with Crippen molar-refractivity contribution in [1.82, 2.24) is 0 Å². The maximum Gasteiger partial charge on any atom is 0.347 e. The Morgan fingerprint density at radius 1 is 1.04 bits per heavy atom. The number of aliphatic hydroxyl groups excluding tert-OH is 2. The molecule has 1 aliphatic heterocycles. The molecule has 144 valence electrons. The number of allylic oxidation sites excluding steroid dienone is 1. The van der Waals surface area contributed by atoms with E-state index < -0.39 is 16.5 Å². The van der Waals surface area contributed by atoms with Crippen LogP contribution in [-0.4, -0.2) is 10.2 Å². The van der Waals surface area contributed by atoms with Gasteiger partial charge in [0.25, 0.3) is 0 Å². The molecule has 0 bridgehead atoms. The van der Waals surface area contributed by atoms with E-state index in [-0.39, 0.29) is 43.9 Å². The van der Waals surface area contributed by atoms with Crippen LogP contribution in [0.1, 0.15) is 25.0 Å². The zero-order chi connectivity index (χ0) is 20.7. The van der Waals surface area contributed by atoms with Crippen LogP contribution in [0, 0.1) is 24.5 Å². The topological polar surface area (TPSA) is 118 Å². The van der Waals surface area contributed by atoms with Crippen LogP contribution in [-0.2, 0) is 0 Å². The van der Waals surface area contributed by atoms with E-state index in [1.165, 1.54) is 26.0 Å². The second kappa shape index (κ2) is 6.84. The predicted octanol–water partition coefficient (Wildman–Crippen LogP) is 1.33. The average Bonchev–Trinajstić information content (AvgIpc) is 2.71. The Hall–Kier alpha value is -3.61. The highest BCUT2D eigenvalue weighted by Crippen LogP contribution is 2.19. The van der Waals surface area contributed by atoms with Crippen LogP contribution in [0.4, 0.5) is 0 Å². The summed E-state index contributed by atoms with van der Waals surface area (Å²) in [6, 6.07) is 2.26. The van der Waals surface area contributed by atoms with Gasteiger partial charge >= 0.3 is 5.63 Å². The third-order valence-electron chi connectivity index (χ3n) is 4.35. The largest absolute Gasteiger partial charge is 0.515 e. The fraction of sp³-hybridized carbons (Fsp3) is 0.190.